The lowest BCUT2D eigenvalue weighted by atomic mass is 9.82. The first-order valence-corrected chi connectivity index (χ1v) is 9.41. The molecule has 4 nitrogen and oxygen atoms in total. The quantitative estimate of drug-likeness (QED) is 0.808. The third-order valence-electron chi connectivity index (χ3n) is 4.43. The van der Waals surface area contributed by atoms with Gasteiger partial charge in [-0.3, -0.25) is 9.17 Å². The molecule has 22 heavy (non-hydrogen) atoms. The molecule has 1 heterocycles. The van der Waals surface area contributed by atoms with Gasteiger partial charge in [-0.15, -0.1) is 0 Å². The van der Waals surface area contributed by atoms with Crippen molar-refractivity contribution < 1.29 is 12.6 Å². The fraction of sp³-hybridized carbons (Fsp3) is 0.471. The maximum absolute atomic E-state index is 11.6. The summed E-state index contributed by atoms with van der Waals surface area (Å²) in [4.78, 5) is 4.41. The molecule has 0 radical (unpaired) electrons. The molecule has 1 aliphatic rings. The average molecular weight is 319 g/mol. The fourth-order valence-corrected chi connectivity index (χ4v) is 3.96. The molecule has 0 spiro atoms. The Kier molecular flexibility index (Phi) is 4.45. The molecule has 0 N–H and O–H groups in total. The summed E-state index contributed by atoms with van der Waals surface area (Å²) in [5, 5.41) is 1.20. The van der Waals surface area contributed by atoms with E-state index in [9.17, 15) is 8.42 Å². The lowest BCUT2D eigenvalue weighted by Gasteiger charge is -2.28. The minimum Gasteiger partial charge on any atom is -0.267 e. The average Bonchev–Trinajstić information content (AvgIpc) is 2.55. The monoisotopic (exact) mass is 319 g/mol. The number of fused-ring (bicyclic) bond motifs is 1. The summed E-state index contributed by atoms with van der Waals surface area (Å²) in [6.45, 7) is 1.62. The summed E-state index contributed by atoms with van der Waals surface area (Å²) in [6.07, 6.45) is 5.20. The van der Waals surface area contributed by atoms with Crippen molar-refractivity contribution in [3.63, 3.8) is 0 Å². The number of aromatic nitrogens is 1. The van der Waals surface area contributed by atoms with Gasteiger partial charge in [0.15, 0.2) is 0 Å². The highest BCUT2D eigenvalue weighted by Crippen LogP contribution is 2.37. The van der Waals surface area contributed by atoms with E-state index < -0.39 is 10.1 Å². The predicted octanol–water partition coefficient (Wildman–Crippen LogP) is 3.63. The number of pyridine rings is 1. The van der Waals surface area contributed by atoms with E-state index >= 15 is 0 Å². The van der Waals surface area contributed by atoms with Crippen LogP contribution in [0.25, 0.3) is 10.9 Å². The van der Waals surface area contributed by atoms with Gasteiger partial charge >= 0.3 is 0 Å². The van der Waals surface area contributed by atoms with Gasteiger partial charge in [0, 0.05) is 11.6 Å². The van der Waals surface area contributed by atoms with E-state index in [2.05, 4.69) is 17.1 Å². The zero-order chi connectivity index (χ0) is 15.6. The second-order valence-corrected chi connectivity index (χ2v) is 7.72. The van der Waals surface area contributed by atoms with Gasteiger partial charge in [-0.25, -0.2) is 0 Å². The van der Waals surface area contributed by atoms with Crippen LogP contribution in [0.1, 0.15) is 44.1 Å². The van der Waals surface area contributed by atoms with E-state index in [4.69, 9.17) is 4.18 Å². The van der Waals surface area contributed by atoms with Gasteiger partial charge in [-0.1, -0.05) is 18.2 Å². The van der Waals surface area contributed by atoms with Crippen LogP contribution >= 0.6 is 0 Å². The first-order valence-electron chi connectivity index (χ1n) is 7.83. The van der Waals surface area contributed by atoms with Crippen molar-refractivity contribution in [2.75, 3.05) is 5.75 Å². The molecule has 0 saturated heterocycles. The minimum atomic E-state index is -3.35. The Balaban J connectivity index is 1.73. The molecule has 1 aromatic carbocycles. The summed E-state index contributed by atoms with van der Waals surface area (Å²) in [5.74, 6) is 0.499. The normalized spacial score (nSPS) is 22.8. The second-order valence-electron chi connectivity index (χ2n) is 5.83. The van der Waals surface area contributed by atoms with Crippen LogP contribution in [-0.4, -0.2) is 25.3 Å². The van der Waals surface area contributed by atoms with E-state index in [-0.39, 0.29) is 11.9 Å². The molecule has 0 atom stereocenters. The van der Waals surface area contributed by atoms with E-state index in [1.807, 2.05) is 24.4 Å². The maximum atomic E-state index is 11.6. The van der Waals surface area contributed by atoms with Crippen molar-refractivity contribution in [1.82, 2.24) is 4.98 Å². The summed E-state index contributed by atoms with van der Waals surface area (Å²) < 4.78 is 28.4. The fourth-order valence-electron chi connectivity index (χ4n) is 3.22. The standard InChI is InChI=1S/C17H21NO3S/c1-2-22(19,20)21-14-9-7-13(8-10-14)15-11-12-18-17-6-4-3-5-16(15)17/h3-6,11-14H,2,7-10H2,1H3. The molecule has 1 aromatic heterocycles. The number of rotatable bonds is 4. The first-order chi connectivity index (χ1) is 10.6. The number of nitrogens with zero attached hydrogens (tertiary/aromatic N) is 1. The van der Waals surface area contributed by atoms with Crippen molar-refractivity contribution >= 4 is 21.0 Å². The Morgan fingerprint density at radius 3 is 2.59 bits per heavy atom. The lowest BCUT2D eigenvalue weighted by molar-refractivity contribution is 0.154. The molecular weight excluding hydrogens is 298 g/mol. The molecular formula is C17H21NO3S. The van der Waals surface area contributed by atoms with Gasteiger partial charge in [0.2, 0.25) is 0 Å². The van der Waals surface area contributed by atoms with Crippen LogP contribution < -0.4 is 0 Å². The van der Waals surface area contributed by atoms with Gasteiger partial charge in [0.05, 0.1) is 17.4 Å². The van der Waals surface area contributed by atoms with Crippen LogP contribution in [0.3, 0.4) is 0 Å². The van der Waals surface area contributed by atoms with E-state index in [0.717, 1.165) is 31.2 Å². The van der Waals surface area contributed by atoms with E-state index in [1.165, 1.54) is 10.9 Å². The molecule has 0 aliphatic heterocycles. The van der Waals surface area contributed by atoms with Gasteiger partial charge in [0.25, 0.3) is 10.1 Å². The Morgan fingerprint density at radius 1 is 1.14 bits per heavy atom. The molecule has 3 rings (SSSR count). The van der Waals surface area contributed by atoms with Crippen molar-refractivity contribution in [2.24, 2.45) is 0 Å². The Bertz CT molecular complexity index is 744. The molecule has 118 valence electrons. The predicted molar refractivity (Wildman–Crippen MR) is 87.3 cm³/mol. The summed E-state index contributed by atoms with van der Waals surface area (Å²) in [6, 6.07) is 10.3. The van der Waals surface area contributed by atoms with Crippen LogP contribution in [0.4, 0.5) is 0 Å². The summed E-state index contributed by atoms with van der Waals surface area (Å²) >= 11 is 0. The Hall–Kier alpha value is -1.46. The summed E-state index contributed by atoms with van der Waals surface area (Å²) in [5.41, 5.74) is 2.34. The van der Waals surface area contributed by atoms with Crippen LogP contribution in [0.2, 0.25) is 0 Å². The van der Waals surface area contributed by atoms with Crippen molar-refractivity contribution in [3.05, 3.63) is 42.1 Å². The lowest BCUT2D eigenvalue weighted by Crippen LogP contribution is -2.24. The molecule has 0 amide bonds. The van der Waals surface area contributed by atoms with Crippen molar-refractivity contribution in [2.45, 2.75) is 44.6 Å². The van der Waals surface area contributed by atoms with Crippen LogP contribution in [0.5, 0.6) is 0 Å². The van der Waals surface area contributed by atoms with Crippen LogP contribution in [-0.2, 0) is 14.3 Å². The molecule has 1 aliphatic carbocycles. The molecule has 1 fully saturated rings. The smallest absolute Gasteiger partial charge is 0.267 e. The highest BCUT2D eigenvalue weighted by molar-refractivity contribution is 7.86. The molecule has 2 aromatic rings. The van der Waals surface area contributed by atoms with Gasteiger partial charge in [-0.05, 0) is 56.2 Å². The second kappa shape index (κ2) is 6.34. The highest BCUT2D eigenvalue weighted by Gasteiger charge is 2.27. The van der Waals surface area contributed by atoms with Gasteiger partial charge < -0.3 is 0 Å². The number of benzene rings is 1. The number of hydrogen-bond donors (Lipinski definition) is 0. The minimum absolute atomic E-state index is 0.0436. The Labute approximate surface area is 131 Å². The SMILES string of the molecule is CCS(=O)(=O)OC1CCC(c2ccnc3ccccc23)CC1. The number of hydrogen-bond acceptors (Lipinski definition) is 4. The van der Waals surface area contributed by atoms with Crippen LogP contribution in [0.15, 0.2) is 36.5 Å². The van der Waals surface area contributed by atoms with E-state index in [0.29, 0.717) is 5.92 Å². The zero-order valence-corrected chi connectivity index (χ0v) is 13.6. The summed E-state index contributed by atoms with van der Waals surface area (Å²) in [7, 11) is -3.35. The molecule has 0 unspecified atom stereocenters. The molecule has 0 bridgehead atoms. The van der Waals surface area contributed by atoms with E-state index in [1.54, 1.807) is 6.92 Å². The third kappa shape index (κ3) is 3.31. The third-order valence-corrected chi connectivity index (χ3v) is 5.71. The topological polar surface area (TPSA) is 56.3 Å². The highest BCUT2D eigenvalue weighted by atomic mass is 32.2. The maximum Gasteiger partial charge on any atom is 0.267 e. The Morgan fingerprint density at radius 2 is 1.86 bits per heavy atom. The first kappa shape index (κ1) is 15.4. The van der Waals surface area contributed by atoms with Crippen molar-refractivity contribution in [3.8, 4) is 0 Å². The van der Waals surface area contributed by atoms with Crippen molar-refractivity contribution in [1.29, 1.82) is 0 Å². The van der Waals surface area contributed by atoms with Gasteiger partial charge in [0.1, 0.15) is 0 Å². The number of para-hydroxylation sites is 1. The molecule has 1 saturated carbocycles. The van der Waals surface area contributed by atoms with Crippen LogP contribution in [0, 0.1) is 0 Å². The largest absolute Gasteiger partial charge is 0.267 e. The zero-order valence-electron chi connectivity index (χ0n) is 12.7. The molecule has 5 heteroatoms. The van der Waals surface area contributed by atoms with Gasteiger partial charge in [-0.2, -0.15) is 8.42 Å².